The van der Waals surface area contributed by atoms with Crippen molar-refractivity contribution in [1.82, 2.24) is 15.6 Å². The second kappa shape index (κ2) is 7.42. The van der Waals surface area contributed by atoms with Gasteiger partial charge in [-0.1, -0.05) is 0 Å². The van der Waals surface area contributed by atoms with E-state index in [4.69, 9.17) is 4.74 Å². The third kappa shape index (κ3) is 6.32. The van der Waals surface area contributed by atoms with Crippen LogP contribution in [0.25, 0.3) is 0 Å². The second-order valence-corrected chi connectivity index (χ2v) is 7.65. The number of alkyl carbamates (subject to hydrolysis) is 1. The Bertz CT molecular complexity index is 512. The summed E-state index contributed by atoms with van der Waals surface area (Å²) in [5.74, 6) is 0.556. The van der Waals surface area contributed by atoms with Crippen LogP contribution in [0.1, 0.15) is 39.2 Å². The molecule has 0 radical (unpaired) electrons. The normalized spacial score (nSPS) is 16.2. The van der Waals surface area contributed by atoms with Crippen LogP contribution in [-0.4, -0.2) is 29.3 Å². The van der Waals surface area contributed by atoms with Crippen molar-refractivity contribution >= 4 is 22.0 Å². The van der Waals surface area contributed by atoms with E-state index >= 15 is 0 Å². The van der Waals surface area contributed by atoms with Gasteiger partial charge in [0.1, 0.15) is 5.60 Å². The zero-order valence-electron chi connectivity index (χ0n) is 13.4. The van der Waals surface area contributed by atoms with Crippen molar-refractivity contribution < 1.29 is 9.53 Å². The number of hydrogen-bond donors (Lipinski definition) is 2. The molecule has 2 rings (SSSR count). The molecule has 1 aromatic heterocycles. The van der Waals surface area contributed by atoms with Crippen LogP contribution in [0, 0.1) is 5.92 Å². The van der Waals surface area contributed by atoms with Crippen molar-refractivity contribution in [1.29, 1.82) is 0 Å². The van der Waals surface area contributed by atoms with Crippen molar-refractivity contribution in [3.63, 3.8) is 0 Å². The first-order valence-corrected chi connectivity index (χ1v) is 8.42. The minimum atomic E-state index is -0.465. The van der Waals surface area contributed by atoms with E-state index in [0.717, 1.165) is 23.1 Å². The zero-order chi connectivity index (χ0) is 16.2. The molecule has 0 spiro atoms. The number of aromatic nitrogens is 1. The van der Waals surface area contributed by atoms with Crippen molar-refractivity contribution in [3.05, 3.63) is 28.5 Å². The van der Waals surface area contributed by atoms with Crippen molar-refractivity contribution in [2.75, 3.05) is 6.54 Å². The molecule has 1 atom stereocenters. The molecule has 0 saturated heterocycles. The van der Waals surface area contributed by atoms with E-state index in [1.807, 2.05) is 33.0 Å². The third-order valence-corrected chi connectivity index (χ3v) is 3.78. The van der Waals surface area contributed by atoms with Crippen LogP contribution in [0.15, 0.2) is 22.9 Å². The molecular formula is C16H24BrN3O2. The molecule has 1 saturated carbocycles. The van der Waals surface area contributed by atoms with Crippen molar-refractivity contribution in [2.45, 2.75) is 51.8 Å². The average molecular weight is 370 g/mol. The molecule has 0 aliphatic heterocycles. The van der Waals surface area contributed by atoms with Crippen molar-refractivity contribution in [3.8, 4) is 0 Å². The Balaban J connectivity index is 1.78. The van der Waals surface area contributed by atoms with Gasteiger partial charge in [-0.25, -0.2) is 4.79 Å². The number of halogens is 1. The van der Waals surface area contributed by atoms with Gasteiger partial charge in [-0.3, -0.25) is 4.98 Å². The summed E-state index contributed by atoms with van der Waals surface area (Å²) < 4.78 is 6.30. The molecule has 1 aliphatic rings. The highest BCUT2D eigenvalue weighted by Gasteiger charge is 2.33. The average Bonchev–Trinajstić information content (AvgIpc) is 3.19. The van der Waals surface area contributed by atoms with Crippen molar-refractivity contribution in [2.24, 2.45) is 5.92 Å². The lowest BCUT2D eigenvalue weighted by Crippen LogP contribution is -2.45. The monoisotopic (exact) mass is 369 g/mol. The quantitative estimate of drug-likeness (QED) is 0.807. The summed E-state index contributed by atoms with van der Waals surface area (Å²) in [6.45, 7) is 7.08. The predicted molar refractivity (Wildman–Crippen MR) is 89.5 cm³/mol. The van der Waals surface area contributed by atoms with Crippen LogP contribution in [-0.2, 0) is 11.3 Å². The van der Waals surface area contributed by atoms with Gasteiger partial charge >= 0.3 is 6.09 Å². The molecule has 0 aromatic carbocycles. The van der Waals surface area contributed by atoms with Gasteiger partial charge in [0.25, 0.3) is 0 Å². The first-order chi connectivity index (χ1) is 10.3. The molecule has 1 aliphatic carbocycles. The van der Waals surface area contributed by atoms with Crippen LogP contribution >= 0.6 is 15.9 Å². The van der Waals surface area contributed by atoms with Gasteiger partial charge in [-0.05, 0) is 67.1 Å². The Labute approximate surface area is 140 Å². The number of carbonyl (C=O) groups excluding carboxylic acids is 1. The van der Waals surface area contributed by atoms with E-state index < -0.39 is 5.60 Å². The lowest BCUT2D eigenvalue weighted by molar-refractivity contribution is 0.0497. The maximum absolute atomic E-state index is 11.9. The Morgan fingerprint density at radius 3 is 2.77 bits per heavy atom. The third-order valence-electron chi connectivity index (χ3n) is 3.35. The molecular weight excluding hydrogens is 346 g/mol. The van der Waals surface area contributed by atoms with Gasteiger partial charge in [0.15, 0.2) is 0 Å². The van der Waals surface area contributed by atoms with Gasteiger partial charge in [0, 0.05) is 36.0 Å². The summed E-state index contributed by atoms with van der Waals surface area (Å²) in [6, 6.07) is 2.16. The number of nitrogens with zero attached hydrogens (tertiary/aromatic N) is 1. The standard InChI is InChI=1S/C16H24BrN3O2/c1-16(2,3)22-15(21)20-14(12-4-5-12)10-19-8-11-6-13(17)9-18-7-11/h6-7,9,12,14,19H,4-5,8,10H2,1-3H3,(H,20,21). The minimum absolute atomic E-state index is 0.120. The molecule has 6 heteroatoms. The van der Waals surface area contributed by atoms with E-state index in [0.29, 0.717) is 5.92 Å². The van der Waals surface area contributed by atoms with Gasteiger partial charge < -0.3 is 15.4 Å². The zero-order valence-corrected chi connectivity index (χ0v) is 14.9. The topological polar surface area (TPSA) is 63.2 Å². The maximum atomic E-state index is 11.9. The van der Waals surface area contributed by atoms with E-state index in [1.165, 1.54) is 12.8 Å². The first-order valence-electron chi connectivity index (χ1n) is 7.63. The summed E-state index contributed by atoms with van der Waals surface area (Å²) in [5, 5.41) is 6.37. The van der Waals surface area contributed by atoms with Crippen LogP contribution in [0.4, 0.5) is 4.79 Å². The summed E-state index contributed by atoms with van der Waals surface area (Å²) >= 11 is 3.41. The van der Waals surface area contributed by atoms with Gasteiger partial charge in [0.2, 0.25) is 0 Å². The van der Waals surface area contributed by atoms with Gasteiger partial charge in [-0.15, -0.1) is 0 Å². The number of amides is 1. The highest BCUT2D eigenvalue weighted by molar-refractivity contribution is 9.10. The largest absolute Gasteiger partial charge is 0.444 e. The van der Waals surface area contributed by atoms with Crippen LogP contribution < -0.4 is 10.6 Å². The molecule has 22 heavy (non-hydrogen) atoms. The lowest BCUT2D eigenvalue weighted by Gasteiger charge is -2.24. The van der Waals surface area contributed by atoms with Crippen LogP contribution in [0.2, 0.25) is 0 Å². The number of carbonyl (C=O) groups is 1. The SMILES string of the molecule is CC(C)(C)OC(=O)NC(CNCc1cncc(Br)c1)C1CC1. The number of nitrogens with one attached hydrogen (secondary N) is 2. The molecule has 1 aromatic rings. The molecule has 5 nitrogen and oxygen atoms in total. The molecule has 1 amide bonds. The summed E-state index contributed by atoms with van der Waals surface area (Å²) in [4.78, 5) is 16.0. The number of rotatable bonds is 6. The summed E-state index contributed by atoms with van der Waals surface area (Å²) in [5.41, 5.74) is 0.648. The summed E-state index contributed by atoms with van der Waals surface area (Å²) in [6.07, 6.45) is 5.60. The number of pyridine rings is 1. The minimum Gasteiger partial charge on any atom is -0.444 e. The fourth-order valence-electron chi connectivity index (χ4n) is 2.22. The Kier molecular flexibility index (Phi) is 5.81. The fourth-order valence-corrected chi connectivity index (χ4v) is 2.63. The van der Waals surface area contributed by atoms with E-state index in [-0.39, 0.29) is 12.1 Å². The highest BCUT2D eigenvalue weighted by Crippen LogP contribution is 2.32. The Morgan fingerprint density at radius 1 is 1.45 bits per heavy atom. The van der Waals surface area contributed by atoms with Gasteiger partial charge in [0.05, 0.1) is 0 Å². The van der Waals surface area contributed by atoms with E-state index in [1.54, 1.807) is 6.20 Å². The fraction of sp³-hybridized carbons (Fsp3) is 0.625. The van der Waals surface area contributed by atoms with E-state index in [2.05, 4.69) is 31.5 Å². The molecule has 1 heterocycles. The molecule has 0 bridgehead atoms. The van der Waals surface area contributed by atoms with Crippen LogP contribution in [0.5, 0.6) is 0 Å². The second-order valence-electron chi connectivity index (χ2n) is 6.73. The Morgan fingerprint density at radius 2 is 2.18 bits per heavy atom. The smallest absolute Gasteiger partial charge is 0.407 e. The van der Waals surface area contributed by atoms with E-state index in [9.17, 15) is 4.79 Å². The highest BCUT2D eigenvalue weighted by atomic mass is 79.9. The first kappa shape index (κ1) is 17.2. The molecule has 1 unspecified atom stereocenters. The molecule has 1 fully saturated rings. The maximum Gasteiger partial charge on any atom is 0.407 e. The lowest BCUT2D eigenvalue weighted by atomic mass is 10.2. The van der Waals surface area contributed by atoms with Gasteiger partial charge in [-0.2, -0.15) is 0 Å². The molecule has 122 valence electrons. The summed E-state index contributed by atoms with van der Waals surface area (Å²) in [7, 11) is 0. The molecule has 2 N–H and O–H groups in total. The number of ether oxygens (including phenoxy) is 1. The predicted octanol–water partition coefficient (Wildman–Crippen LogP) is 3.24. The number of hydrogen-bond acceptors (Lipinski definition) is 4. The van der Waals surface area contributed by atoms with Crippen LogP contribution in [0.3, 0.4) is 0 Å². The Hall–Kier alpha value is -1.14.